The van der Waals surface area contributed by atoms with Crippen molar-refractivity contribution in [3.63, 3.8) is 0 Å². The molecular formula is C27H37N7O3. The van der Waals surface area contributed by atoms with Gasteiger partial charge in [0.1, 0.15) is 11.8 Å². The number of aromatic nitrogens is 3. The maximum atomic E-state index is 13.6. The fourth-order valence-corrected chi connectivity index (χ4v) is 4.86. The predicted molar refractivity (Wildman–Crippen MR) is 142 cm³/mol. The number of aliphatic imine (C=N–C) groups is 1. The lowest BCUT2D eigenvalue weighted by molar-refractivity contribution is -0.124. The molecule has 2 unspecified atom stereocenters. The minimum absolute atomic E-state index is 0.0850. The van der Waals surface area contributed by atoms with Crippen molar-refractivity contribution >= 4 is 23.2 Å². The summed E-state index contributed by atoms with van der Waals surface area (Å²) < 4.78 is 7.14. The lowest BCUT2D eigenvalue weighted by Gasteiger charge is -2.27. The molecule has 2 amide bonds. The van der Waals surface area contributed by atoms with E-state index in [1.54, 1.807) is 30.4 Å². The highest BCUT2D eigenvalue weighted by Crippen LogP contribution is 2.50. The Hall–Kier alpha value is -3.69. The van der Waals surface area contributed by atoms with E-state index in [9.17, 15) is 9.59 Å². The Morgan fingerprint density at radius 1 is 1.22 bits per heavy atom. The molecule has 198 valence electrons. The van der Waals surface area contributed by atoms with Crippen LogP contribution in [-0.4, -0.2) is 51.5 Å². The molecule has 0 radical (unpaired) electrons. The number of rotatable bonds is 12. The molecule has 2 fully saturated rings. The molecular weight excluding hydrogens is 470 g/mol. The molecule has 0 bridgehead atoms. The standard InChI is InChI=1S/C27H37N7O3/c1-16(2)31-22(11-12-28)25(35)33-24(23(18-7-8-18)19-9-10-19)26(36)32-20-14-30-34(15-20)17(3)21-6-5-13-29-27(21)37-4/h5-6,11-19,23-24H,7-10,28H2,1-4H3,(H,32,36)(H,33,35)/b12-11-,31-22?. The molecule has 10 nitrogen and oxygen atoms in total. The van der Waals surface area contributed by atoms with Crippen molar-refractivity contribution in [3.8, 4) is 5.88 Å². The van der Waals surface area contributed by atoms with Gasteiger partial charge in [-0.1, -0.05) is 0 Å². The van der Waals surface area contributed by atoms with Crippen LogP contribution < -0.4 is 21.1 Å². The van der Waals surface area contributed by atoms with Crippen LogP contribution in [0.4, 0.5) is 5.69 Å². The van der Waals surface area contributed by atoms with Gasteiger partial charge in [0.2, 0.25) is 11.8 Å². The van der Waals surface area contributed by atoms with E-state index in [0.717, 1.165) is 31.2 Å². The van der Waals surface area contributed by atoms with Gasteiger partial charge in [0.05, 0.1) is 25.0 Å². The molecule has 2 saturated carbocycles. The number of amides is 2. The SMILES string of the molecule is COc1ncccc1C(C)n1cc(NC(=O)C(NC(=O)C(/C=C\N)=NC(C)C)C(C2CC2)C2CC2)cn1. The van der Waals surface area contributed by atoms with Gasteiger partial charge < -0.3 is 21.1 Å². The molecule has 2 aliphatic carbocycles. The number of pyridine rings is 1. The average Bonchev–Trinajstić information content (AvgIpc) is 3.82. The average molecular weight is 508 g/mol. The third-order valence-electron chi connectivity index (χ3n) is 6.88. The summed E-state index contributed by atoms with van der Waals surface area (Å²) in [5.74, 6) is 0.874. The zero-order chi connectivity index (χ0) is 26.5. The van der Waals surface area contributed by atoms with E-state index in [1.807, 2.05) is 32.9 Å². The lowest BCUT2D eigenvalue weighted by atomic mass is 9.88. The molecule has 4 N–H and O–H groups in total. The van der Waals surface area contributed by atoms with Crippen LogP contribution in [-0.2, 0) is 9.59 Å². The first-order valence-corrected chi connectivity index (χ1v) is 12.9. The maximum Gasteiger partial charge on any atom is 0.270 e. The Morgan fingerprint density at radius 3 is 2.51 bits per heavy atom. The summed E-state index contributed by atoms with van der Waals surface area (Å²) >= 11 is 0. The van der Waals surface area contributed by atoms with Gasteiger partial charge >= 0.3 is 0 Å². The van der Waals surface area contributed by atoms with E-state index in [1.165, 1.54) is 12.3 Å². The van der Waals surface area contributed by atoms with Gasteiger partial charge in [-0.25, -0.2) is 4.98 Å². The number of hydrogen-bond acceptors (Lipinski definition) is 7. The number of anilines is 1. The van der Waals surface area contributed by atoms with Gasteiger partial charge in [-0.15, -0.1) is 0 Å². The molecule has 2 aliphatic rings. The number of methoxy groups -OCH3 is 1. The predicted octanol–water partition coefficient (Wildman–Crippen LogP) is 3.08. The molecule has 2 atom stereocenters. The molecule has 0 aliphatic heterocycles. The number of nitrogens with zero attached hydrogens (tertiary/aromatic N) is 4. The molecule has 4 rings (SSSR count). The van der Waals surface area contributed by atoms with Gasteiger partial charge in [0, 0.05) is 24.0 Å². The third kappa shape index (κ3) is 6.55. The summed E-state index contributed by atoms with van der Waals surface area (Å²) in [4.78, 5) is 35.5. The Kier molecular flexibility index (Phi) is 8.25. The van der Waals surface area contributed by atoms with Crippen LogP contribution in [0, 0.1) is 17.8 Å². The van der Waals surface area contributed by atoms with Crippen molar-refractivity contribution in [2.24, 2.45) is 28.5 Å². The summed E-state index contributed by atoms with van der Waals surface area (Å²) in [7, 11) is 1.58. The van der Waals surface area contributed by atoms with Gasteiger partial charge in [-0.3, -0.25) is 19.3 Å². The van der Waals surface area contributed by atoms with Crippen LogP contribution in [0.2, 0.25) is 0 Å². The molecule has 0 saturated heterocycles. The largest absolute Gasteiger partial charge is 0.481 e. The molecule has 0 spiro atoms. The second-order valence-electron chi connectivity index (χ2n) is 10.1. The van der Waals surface area contributed by atoms with E-state index >= 15 is 0 Å². The number of ether oxygens (including phenoxy) is 1. The monoisotopic (exact) mass is 507 g/mol. The minimum atomic E-state index is -0.671. The molecule has 2 aromatic heterocycles. The first-order chi connectivity index (χ1) is 17.8. The van der Waals surface area contributed by atoms with Gasteiger partial charge in [-0.05, 0) is 88.6 Å². The van der Waals surface area contributed by atoms with E-state index in [-0.39, 0.29) is 29.6 Å². The normalized spacial score (nSPS) is 17.7. The highest BCUT2D eigenvalue weighted by molar-refractivity contribution is 6.43. The summed E-state index contributed by atoms with van der Waals surface area (Å²) in [5, 5.41) is 10.4. The second kappa shape index (κ2) is 11.6. The Balaban J connectivity index is 1.53. The smallest absolute Gasteiger partial charge is 0.270 e. The van der Waals surface area contributed by atoms with E-state index in [4.69, 9.17) is 10.5 Å². The lowest BCUT2D eigenvalue weighted by Crippen LogP contribution is -2.51. The van der Waals surface area contributed by atoms with E-state index in [2.05, 4.69) is 25.7 Å². The van der Waals surface area contributed by atoms with E-state index in [0.29, 0.717) is 23.4 Å². The number of hydrogen-bond donors (Lipinski definition) is 3. The van der Waals surface area contributed by atoms with Crippen molar-refractivity contribution in [3.05, 3.63) is 48.6 Å². The zero-order valence-electron chi connectivity index (χ0n) is 21.9. The highest BCUT2D eigenvalue weighted by Gasteiger charge is 2.48. The number of nitrogens with one attached hydrogen (secondary N) is 2. The van der Waals surface area contributed by atoms with Gasteiger partial charge in [-0.2, -0.15) is 5.10 Å². The fourth-order valence-electron chi connectivity index (χ4n) is 4.86. The number of carbonyl (C=O) groups is 2. The van der Waals surface area contributed by atoms with Crippen molar-refractivity contribution < 1.29 is 14.3 Å². The maximum absolute atomic E-state index is 13.6. The highest BCUT2D eigenvalue weighted by atomic mass is 16.5. The van der Waals surface area contributed by atoms with Crippen molar-refractivity contribution in [1.82, 2.24) is 20.1 Å². The topological polar surface area (TPSA) is 137 Å². The van der Waals surface area contributed by atoms with Crippen molar-refractivity contribution in [2.75, 3.05) is 12.4 Å². The fraction of sp³-hybridized carbons (Fsp3) is 0.519. The van der Waals surface area contributed by atoms with Crippen LogP contribution in [0.15, 0.2) is 48.0 Å². The third-order valence-corrected chi connectivity index (χ3v) is 6.88. The molecule has 37 heavy (non-hydrogen) atoms. The first kappa shape index (κ1) is 26.4. The van der Waals surface area contributed by atoms with Crippen molar-refractivity contribution in [2.45, 2.75) is 64.6 Å². The molecule has 0 aromatic carbocycles. The summed E-state index contributed by atoms with van der Waals surface area (Å²) in [6.07, 6.45) is 12.2. The first-order valence-electron chi connectivity index (χ1n) is 12.9. The van der Waals surface area contributed by atoms with Gasteiger partial charge in [0.15, 0.2) is 0 Å². The Bertz CT molecular complexity index is 1150. The van der Waals surface area contributed by atoms with Crippen molar-refractivity contribution in [1.29, 1.82) is 0 Å². The van der Waals surface area contributed by atoms with Crippen LogP contribution >= 0.6 is 0 Å². The van der Waals surface area contributed by atoms with Gasteiger partial charge in [0.25, 0.3) is 5.91 Å². The zero-order valence-corrected chi connectivity index (χ0v) is 21.9. The quantitative estimate of drug-likeness (QED) is 0.378. The summed E-state index contributed by atoms with van der Waals surface area (Å²) in [6, 6.07) is 2.87. The summed E-state index contributed by atoms with van der Waals surface area (Å²) in [5.41, 5.74) is 7.21. The molecule has 10 heteroatoms. The number of nitrogens with two attached hydrogens (primary N) is 1. The van der Waals surface area contributed by atoms with Crippen LogP contribution in [0.5, 0.6) is 5.88 Å². The van der Waals surface area contributed by atoms with Crippen LogP contribution in [0.1, 0.15) is 58.1 Å². The Labute approximate surface area is 217 Å². The number of carbonyl (C=O) groups excluding carboxylic acids is 2. The second-order valence-corrected chi connectivity index (χ2v) is 10.1. The molecule has 2 aromatic rings. The molecule has 2 heterocycles. The summed E-state index contributed by atoms with van der Waals surface area (Å²) in [6.45, 7) is 5.76. The van der Waals surface area contributed by atoms with Crippen LogP contribution in [0.25, 0.3) is 0 Å². The Morgan fingerprint density at radius 2 is 1.92 bits per heavy atom. The van der Waals surface area contributed by atoms with Crippen LogP contribution in [0.3, 0.4) is 0 Å². The van der Waals surface area contributed by atoms with E-state index < -0.39 is 11.9 Å². The minimum Gasteiger partial charge on any atom is -0.481 e.